The molecule has 0 aliphatic heterocycles. The summed E-state index contributed by atoms with van der Waals surface area (Å²) in [5.41, 5.74) is 0. The van der Waals surface area contributed by atoms with Gasteiger partial charge < -0.3 is 5.11 Å². The van der Waals surface area contributed by atoms with Gasteiger partial charge in [0.15, 0.2) is 5.82 Å². The standard InChI is InChI=1S/C7H11N3O3S/c1-6(5-11)14(12,13)10-7-3-2-4-8-9-7/h2-4,6,11H,5H2,1H3,(H,9,10). The van der Waals surface area contributed by atoms with Crippen molar-refractivity contribution in [1.82, 2.24) is 10.2 Å². The van der Waals surface area contributed by atoms with Gasteiger partial charge in [-0.3, -0.25) is 4.72 Å². The Morgan fingerprint density at radius 2 is 2.36 bits per heavy atom. The lowest BCUT2D eigenvalue weighted by Gasteiger charge is -2.10. The van der Waals surface area contributed by atoms with E-state index >= 15 is 0 Å². The molecule has 0 spiro atoms. The number of rotatable bonds is 4. The average molecular weight is 217 g/mol. The number of hydrogen-bond donors (Lipinski definition) is 2. The van der Waals surface area contributed by atoms with Gasteiger partial charge in [-0.05, 0) is 19.1 Å². The zero-order valence-corrected chi connectivity index (χ0v) is 8.40. The summed E-state index contributed by atoms with van der Waals surface area (Å²) in [6, 6.07) is 3.04. The Bertz CT molecular complexity index is 378. The van der Waals surface area contributed by atoms with Crippen molar-refractivity contribution in [2.24, 2.45) is 0 Å². The number of aliphatic hydroxyl groups is 1. The molecular formula is C7H11N3O3S. The monoisotopic (exact) mass is 217 g/mol. The zero-order chi connectivity index (χ0) is 10.6. The van der Waals surface area contributed by atoms with Crippen molar-refractivity contribution in [2.45, 2.75) is 12.2 Å². The van der Waals surface area contributed by atoms with Crippen molar-refractivity contribution in [3.63, 3.8) is 0 Å². The molecule has 7 heteroatoms. The minimum absolute atomic E-state index is 0.146. The Kier molecular flexibility index (Phi) is 3.37. The van der Waals surface area contributed by atoms with Gasteiger partial charge in [0.25, 0.3) is 0 Å². The third-order valence-corrected chi connectivity index (χ3v) is 3.31. The maximum absolute atomic E-state index is 11.4. The summed E-state index contributed by atoms with van der Waals surface area (Å²) in [6.07, 6.45) is 1.44. The zero-order valence-electron chi connectivity index (χ0n) is 7.58. The highest BCUT2D eigenvalue weighted by Crippen LogP contribution is 2.06. The van der Waals surface area contributed by atoms with Crippen LogP contribution in [0.3, 0.4) is 0 Å². The molecule has 0 amide bonds. The van der Waals surface area contributed by atoms with Crippen molar-refractivity contribution < 1.29 is 13.5 Å². The molecule has 1 unspecified atom stereocenters. The fourth-order valence-corrected chi connectivity index (χ4v) is 1.50. The number of nitrogens with zero attached hydrogens (tertiary/aromatic N) is 2. The van der Waals surface area contributed by atoms with Crippen LogP contribution in [0.15, 0.2) is 18.3 Å². The van der Waals surface area contributed by atoms with E-state index in [1.165, 1.54) is 19.2 Å². The minimum Gasteiger partial charge on any atom is -0.395 e. The van der Waals surface area contributed by atoms with Crippen LogP contribution in [0.5, 0.6) is 0 Å². The lowest BCUT2D eigenvalue weighted by molar-refractivity contribution is 0.296. The molecule has 0 radical (unpaired) electrons. The van der Waals surface area contributed by atoms with Crippen LogP contribution in [0.25, 0.3) is 0 Å². The van der Waals surface area contributed by atoms with Gasteiger partial charge in [-0.2, -0.15) is 5.10 Å². The van der Waals surface area contributed by atoms with Gasteiger partial charge in [0.2, 0.25) is 10.0 Å². The largest absolute Gasteiger partial charge is 0.395 e. The first-order valence-corrected chi connectivity index (χ1v) is 5.51. The number of aromatic nitrogens is 2. The van der Waals surface area contributed by atoms with Gasteiger partial charge in [0.05, 0.1) is 6.61 Å². The second-order valence-electron chi connectivity index (χ2n) is 2.75. The quantitative estimate of drug-likeness (QED) is 0.715. The Morgan fingerprint density at radius 3 is 2.86 bits per heavy atom. The van der Waals surface area contributed by atoms with E-state index in [0.29, 0.717) is 0 Å². The van der Waals surface area contributed by atoms with Gasteiger partial charge in [0, 0.05) is 6.20 Å². The fourth-order valence-electron chi connectivity index (χ4n) is 0.700. The van der Waals surface area contributed by atoms with E-state index in [1.807, 2.05) is 0 Å². The van der Waals surface area contributed by atoms with Gasteiger partial charge >= 0.3 is 0 Å². The summed E-state index contributed by atoms with van der Waals surface area (Å²) in [5.74, 6) is 0.146. The van der Waals surface area contributed by atoms with Gasteiger partial charge in [-0.1, -0.05) is 0 Å². The molecule has 1 heterocycles. The molecule has 1 aromatic heterocycles. The number of sulfonamides is 1. The molecule has 1 rings (SSSR count). The lowest BCUT2D eigenvalue weighted by atomic mass is 10.5. The van der Waals surface area contributed by atoms with Crippen LogP contribution in [0.2, 0.25) is 0 Å². The molecule has 1 atom stereocenters. The molecule has 0 aromatic carbocycles. The molecule has 2 N–H and O–H groups in total. The molecule has 0 aliphatic rings. The van der Waals surface area contributed by atoms with E-state index in [4.69, 9.17) is 5.11 Å². The average Bonchev–Trinajstić information content (AvgIpc) is 2.17. The Labute approximate surface area is 82.0 Å². The summed E-state index contributed by atoms with van der Waals surface area (Å²) in [6.45, 7) is 0.967. The first-order valence-electron chi connectivity index (χ1n) is 3.96. The summed E-state index contributed by atoms with van der Waals surface area (Å²) < 4.78 is 25.0. The van der Waals surface area contributed by atoms with E-state index in [2.05, 4.69) is 14.9 Å². The van der Waals surface area contributed by atoms with Gasteiger partial charge in [-0.25, -0.2) is 8.42 Å². The molecule has 6 nitrogen and oxygen atoms in total. The number of anilines is 1. The van der Waals surface area contributed by atoms with E-state index in [-0.39, 0.29) is 5.82 Å². The van der Waals surface area contributed by atoms with Gasteiger partial charge in [0.1, 0.15) is 5.25 Å². The highest BCUT2D eigenvalue weighted by molar-refractivity contribution is 7.93. The summed E-state index contributed by atoms with van der Waals surface area (Å²) in [5, 5.41) is 14.9. The lowest BCUT2D eigenvalue weighted by Crippen LogP contribution is -2.28. The van der Waals surface area contributed by atoms with E-state index in [9.17, 15) is 8.42 Å². The summed E-state index contributed by atoms with van der Waals surface area (Å²) in [4.78, 5) is 0. The normalized spacial score (nSPS) is 13.6. The second kappa shape index (κ2) is 4.34. The van der Waals surface area contributed by atoms with Crippen molar-refractivity contribution in [2.75, 3.05) is 11.3 Å². The molecule has 0 saturated heterocycles. The van der Waals surface area contributed by atoms with Crippen LogP contribution in [-0.4, -0.2) is 35.6 Å². The fraction of sp³-hybridized carbons (Fsp3) is 0.429. The predicted molar refractivity (Wildman–Crippen MR) is 51.1 cm³/mol. The summed E-state index contributed by atoms with van der Waals surface area (Å²) >= 11 is 0. The number of aliphatic hydroxyl groups excluding tert-OH is 1. The van der Waals surface area contributed by atoms with Crippen LogP contribution >= 0.6 is 0 Å². The molecule has 0 aliphatic carbocycles. The third kappa shape index (κ3) is 2.64. The minimum atomic E-state index is -3.57. The first-order chi connectivity index (χ1) is 6.56. The van der Waals surface area contributed by atoms with Crippen LogP contribution < -0.4 is 4.72 Å². The van der Waals surface area contributed by atoms with Crippen LogP contribution in [0.1, 0.15) is 6.92 Å². The number of nitrogens with one attached hydrogen (secondary N) is 1. The molecule has 78 valence electrons. The maximum atomic E-state index is 11.4. The van der Waals surface area contributed by atoms with Gasteiger partial charge in [-0.15, -0.1) is 5.10 Å². The summed E-state index contributed by atoms with van der Waals surface area (Å²) in [7, 11) is -3.57. The van der Waals surface area contributed by atoms with Crippen molar-refractivity contribution >= 4 is 15.8 Å². The molecule has 0 bridgehead atoms. The molecule has 14 heavy (non-hydrogen) atoms. The van der Waals surface area contributed by atoms with E-state index in [0.717, 1.165) is 0 Å². The van der Waals surface area contributed by atoms with E-state index in [1.54, 1.807) is 6.07 Å². The molecule has 0 fully saturated rings. The van der Waals surface area contributed by atoms with E-state index < -0.39 is 21.9 Å². The van der Waals surface area contributed by atoms with Crippen molar-refractivity contribution in [3.05, 3.63) is 18.3 Å². The second-order valence-corrected chi connectivity index (χ2v) is 4.85. The Hall–Kier alpha value is -1.21. The maximum Gasteiger partial charge on any atom is 0.238 e. The topological polar surface area (TPSA) is 92.2 Å². The third-order valence-electron chi connectivity index (χ3n) is 1.61. The van der Waals surface area contributed by atoms with Crippen LogP contribution in [-0.2, 0) is 10.0 Å². The molecular weight excluding hydrogens is 206 g/mol. The van der Waals surface area contributed by atoms with Crippen molar-refractivity contribution in [3.8, 4) is 0 Å². The number of hydrogen-bond acceptors (Lipinski definition) is 5. The Balaban J connectivity index is 2.79. The first kappa shape index (κ1) is 10.9. The smallest absolute Gasteiger partial charge is 0.238 e. The molecule has 1 aromatic rings. The van der Waals surface area contributed by atoms with Crippen molar-refractivity contribution in [1.29, 1.82) is 0 Å². The van der Waals surface area contributed by atoms with Crippen LogP contribution in [0.4, 0.5) is 5.82 Å². The predicted octanol–water partition coefficient (Wildman–Crippen LogP) is -0.401. The highest BCUT2D eigenvalue weighted by atomic mass is 32.2. The molecule has 0 saturated carbocycles. The van der Waals surface area contributed by atoms with Crippen LogP contribution in [0, 0.1) is 0 Å². The SMILES string of the molecule is CC(CO)S(=O)(=O)Nc1cccnn1. The Morgan fingerprint density at radius 1 is 1.64 bits per heavy atom. The highest BCUT2D eigenvalue weighted by Gasteiger charge is 2.19.